The molecular weight excluding hydrogens is 232 g/mol. The number of ether oxygens (including phenoxy) is 1. The summed E-state index contributed by atoms with van der Waals surface area (Å²) >= 11 is 0. The van der Waals surface area contributed by atoms with E-state index in [1.54, 1.807) is 25.1 Å². The highest BCUT2D eigenvalue weighted by atomic mass is 16.5. The first-order chi connectivity index (χ1) is 8.58. The fraction of sp³-hybridized carbons (Fsp3) is 0.167. The summed E-state index contributed by atoms with van der Waals surface area (Å²) in [6.45, 7) is 1.64. The van der Waals surface area contributed by atoms with Gasteiger partial charge in [0.2, 0.25) is 0 Å². The first-order valence-corrected chi connectivity index (χ1v) is 4.81. The molecule has 0 aromatic carbocycles. The maximum absolute atomic E-state index is 11.5. The number of methoxy groups -OCH3 is 1. The lowest BCUT2D eigenvalue weighted by Crippen LogP contribution is -2.22. The molecule has 6 nitrogen and oxygen atoms in total. The monoisotopic (exact) mass is 240 g/mol. The molecule has 0 aromatic rings. The molecule has 0 aromatic heterocycles. The van der Waals surface area contributed by atoms with E-state index in [4.69, 9.17) is 15.8 Å². The number of esters is 1. The van der Waals surface area contributed by atoms with E-state index in [1.165, 1.54) is 13.2 Å². The van der Waals surface area contributed by atoms with Crippen LogP contribution in [0.4, 0.5) is 0 Å². The van der Waals surface area contributed by atoms with E-state index in [-0.39, 0.29) is 22.4 Å². The van der Waals surface area contributed by atoms with Crippen LogP contribution in [0.3, 0.4) is 0 Å². The van der Waals surface area contributed by atoms with Crippen molar-refractivity contribution in [3.05, 3.63) is 34.2 Å². The Morgan fingerprint density at radius 3 is 2.39 bits per heavy atom. The van der Waals surface area contributed by atoms with Gasteiger partial charge in [0, 0.05) is 5.70 Å². The molecule has 0 unspecified atom stereocenters. The maximum Gasteiger partial charge on any atom is 0.339 e. The third kappa shape index (κ3) is 2.21. The highest BCUT2D eigenvalue weighted by Gasteiger charge is 2.24. The van der Waals surface area contributed by atoms with Crippen LogP contribution in [-0.2, 0) is 9.53 Å². The topological polar surface area (TPSA) is 110 Å². The van der Waals surface area contributed by atoms with Crippen molar-refractivity contribution in [1.29, 1.82) is 15.8 Å². The zero-order valence-corrected chi connectivity index (χ0v) is 9.74. The van der Waals surface area contributed by atoms with Gasteiger partial charge in [-0.25, -0.2) is 4.79 Å². The summed E-state index contributed by atoms with van der Waals surface area (Å²) in [6.07, 6.45) is 1.43. The van der Waals surface area contributed by atoms with Gasteiger partial charge in [-0.15, -0.1) is 0 Å². The molecule has 0 atom stereocenters. The van der Waals surface area contributed by atoms with Gasteiger partial charge in [0.05, 0.1) is 24.0 Å². The highest BCUT2D eigenvalue weighted by molar-refractivity contribution is 5.95. The smallest absolute Gasteiger partial charge is 0.339 e. The van der Waals surface area contributed by atoms with Gasteiger partial charge in [0.25, 0.3) is 0 Å². The minimum Gasteiger partial charge on any atom is -0.465 e. The molecule has 0 aliphatic carbocycles. The van der Waals surface area contributed by atoms with Gasteiger partial charge in [-0.3, -0.25) is 0 Å². The molecule has 0 saturated heterocycles. The minimum absolute atomic E-state index is 0.0225. The maximum atomic E-state index is 11.5. The molecule has 0 saturated carbocycles. The van der Waals surface area contributed by atoms with Crippen molar-refractivity contribution in [2.75, 3.05) is 7.11 Å². The van der Waals surface area contributed by atoms with Gasteiger partial charge in [-0.2, -0.15) is 15.8 Å². The second kappa shape index (κ2) is 5.34. The highest BCUT2D eigenvalue weighted by Crippen LogP contribution is 2.23. The van der Waals surface area contributed by atoms with E-state index in [2.05, 4.69) is 10.1 Å². The summed E-state index contributed by atoms with van der Waals surface area (Å²) < 4.78 is 4.56. The first-order valence-electron chi connectivity index (χ1n) is 4.81. The standard InChI is InChI=1S/C12H8N4O2/c1-7-3-9(12(17)18-2)10(6-15)11(16-7)8(4-13)5-14/h3,16H,1-2H3. The van der Waals surface area contributed by atoms with E-state index in [9.17, 15) is 4.79 Å². The van der Waals surface area contributed by atoms with E-state index in [0.29, 0.717) is 5.70 Å². The van der Waals surface area contributed by atoms with Crippen molar-refractivity contribution in [1.82, 2.24) is 5.32 Å². The van der Waals surface area contributed by atoms with E-state index >= 15 is 0 Å². The molecule has 0 fully saturated rings. The van der Waals surface area contributed by atoms with E-state index < -0.39 is 5.97 Å². The molecule has 0 bridgehead atoms. The number of dihydropyridines is 1. The Morgan fingerprint density at radius 1 is 1.33 bits per heavy atom. The van der Waals surface area contributed by atoms with Crippen molar-refractivity contribution in [2.24, 2.45) is 0 Å². The van der Waals surface area contributed by atoms with Crippen LogP contribution in [0.25, 0.3) is 0 Å². The van der Waals surface area contributed by atoms with Gasteiger partial charge in [-0.1, -0.05) is 0 Å². The number of hydrogen-bond donors (Lipinski definition) is 1. The van der Waals surface area contributed by atoms with E-state index in [0.717, 1.165) is 0 Å². The van der Waals surface area contributed by atoms with Crippen molar-refractivity contribution in [3.8, 4) is 18.2 Å². The predicted molar refractivity (Wildman–Crippen MR) is 59.8 cm³/mol. The lowest BCUT2D eigenvalue weighted by molar-refractivity contribution is -0.135. The van der Waals surface area contributed by atoms with Crippen LogP contribution in [0.5, 0.6) is 0 Å². The second-order valence-electron chi connectivity index (χ2n) is 3.32. The Balaban J connectivity index is 3.60. The average molecular weight is 240 g/mol. The van der Waals surface area contributed by atoms with Gasteiger partial charge in [-0.05, 0) is 13.0 Å². The lowest BCUT2D eigenvalue weighted by Gasteiger charge is -2.18. The number of nitriles is 3. The molecule has 0 spiro atoms. The van der Waals surface area contributed by atoms with Gasteiger partial charge < -0.3 is 10.1 Å². The Labute approximate surface area is 104 Å². The SMILES string of the molecule is COC(=O)C1=C(C#N)C(=C(C#N)C#N)NC(C)=C1. The molecule has 1 aliphatic heterocycles. The zero-order chi connectivity index (χ0) is 13.7. The van der Waals surface area contributed by atoms with Gasteiger partial charge in [0.15, 0.2) is 5.57 Å². The van der Waals surface area contributed by atoms with Crippen LogP contribution in [-0.4, -0.2) is 13.1 Å². The molecule has 0 amide bonds. The molecular formula is C12H8N4O2. The quantitative estimate of drug-likeness (QED) is 0.536. The Kier molecular flexibility index (Phi) is 3.86. The van der Waals surface area contributed by atoms with Crippen LogP contribution < -0.4 is 5.32 Å². The van der Waals surface area contributed by atoms with Gasteiger partial charge >= 0.3 is 5.97 Å². The summed E-state index contributed by atoms with van der Waals surface area (Å²) in [5, 5.41) is 29.4. The predicted octanol–water partition coefficient (Wildman–Crippen LogP) is 0.788. The fourth-order valence-electron chi connectivity index (χ4n) is 1.43. The van der Waals surface area contributed by atoms with Crippen LogP contribution >= 0.6 is 0 Å². The third-order valence-electron chi connectivity index (χ3n) is 2.19. The van der Waals surface area contributed by atoms with Crippen molar-refractivity contribution in [2.45, 2.75) is 6.92 Å². The van der Waals surface area contributed by atoms with Crippen LogP contribution in [0.1, 0.15) is 6.92 Å². The van der Waals surface area contributed by atoms with Crippen LogP contribution in [0, 0.1) is 34.0 Å². The van der Waals surface area contributed by atoms with Crippen LogP contribution in [0.2, 0.25) is 0 Å². The molecule has 1 N–H and O–H groups in total. The second-order valence-corrected chi connectivity index (χ2v) is 3.32. The van der Waals surface area contributed by atoms with E-state index in [1.807, 2.05) is 0 Å². The van der Waals surface area contributed by atoms with Crippen molar-refractivity contribution in [3.63, 3.8) is 0 Å². The third-order valence-corrected chi connectivity index (χ3v) is 2.19. The Morgan fingerprint density at radius 2 is 1.94 bits per heavy atom. The average Bonchev–Trinajstić information content (AvgIpc) is 2.38. The van der Waals surface area contributed by atoms with Crippen molar-refractivity contribution < 1.29 is 9.53 Å². The normalized spacial score (nSPS) is 13.5. The number of allylic oxidation sites excluding steroid dienone is 3. The number of nitrogens with zero attached hydrogens (tertiary/aromatic N) is 3. The number of carbonyl (C=O) groups is 1. The van der Waals surface area contributed by atoms with Gasteiger partial charge in [0.1, 0.15) is 18.2 Å². The summed E-state index contributed by atoms with van der Waals surface area (Å²) in [7, 11) is 1.19. The number of nitrogens with one attached hydrogen (secondary N) is 1. The summed E-state index contributed by atoms with van der Waals surface area (Å²) in [4.78, 5) is 11.5. The number of rotatable bonds is 1. The Hall–Kier alpha value is -3.04. The minimum atomic E-state index is -0.694. The fourth-order valence-corrected chi connectivity index (χ4v) is 1.43. The summed E-state index contributed by atoms with van der Waals surface area (Å²) in [5.41, 5.74) is 0.246. The van der Waals surface area contributed by atoms with Crippen LogP contribution in [0.15, 0.2) is 34.2 Å². The molecule has 18 heavy (non-hydrogen) atoms. The molecule has 0 radical (unpaired) electrons. The molecule has 1 aliphatic rings. The molecule has 6 heteroatoms. The number of hydrogen-bond acceptors (Lipinski definition) is 6. The number of carbonyl (C=O) groups excluding carboxylic acids is 1. The lowest BCUT2D eigenvalue weighted by atomic mass is 9.98. The molecule has 1 heterocycles. The molecule has 1 rings (SSSR count). The summed E-state index contributed by atoms with van der Waals surface area (Å²) in [5.74, 6) is -0.694. The Bertz CT molecular complexity index is 602. The first kappa shape index (κ1) is 13.0. The zero-order valence-electron chi connectivity index (χ0n) is 9.74. The van der Waals surface area contributed by atoms with Crippen molar-refractivity contribution >= 4 is 5.97 Å². The molecule has 88 valence electrons. The largest absolute Gasteiger partial charge is 0.465 e. The summed E-state index contributed by atoms with van der Waals surface area (Å²) in [6, 6.07) is 5.15.